The Kier molecular flexibility index (Phi) is 2.23. The molecular formula is C9H13FN4. The second-order valence-corrected chi connectivity index (χ2v) is 3.84. The highest BCUT2D eigenvalue weighted by Crippen LogP contribution is 2.30. The van der Waals surface area contributed by atoms with Gasteiger partial charge in [0, 0.05) is 6.04 Å². The van der Waals surface area contributed by atoms with Crippen LogP contribution in [0.25, 0.3) is 0 Å². The molecule has 3 N–H and O–H groups in total. The van der Waals surface area contributed by atoms with Crippen LogP contribution >= 0.6 is 0 Å². The van der Waals surface area contributed by atoms with Gasteiger partial charge in [0.1, 0.15) is 12.0 Å². The first-order chi connectivity index (χ1) is 6.66. The van der Waals surface area contributed by atoms with Gasteiger partial charge in [-0.1, -0.05) is 6.92 Å². The summed E-state index contributed by atoms with van der Waals surface area (Å²) in [5.41, 5.74) is 5.49. The van der Waals surface area contributed by atoms with Gasteiger partial charge in [0.25, 0.3) is 0 Å². The fourth-order valence-electron chi connectivity index (χ4n) is 1.70. The Balaban J connectivity index is 2.06. The number of hydrogen-bond donors (Lipinski definition) is 2. The molecule has 0 bridgehead atoms. The molecule has 0 aliphatic heterocycles. The second-order valence-electron chi connectivity index (χ2n) is 3.84. The van der Waals surface area contributed by atoms with Crippen molar-refractivity contribution in [1.82, 2.24) is 9.97 Å². The third kappa shape index (κ3) is 1.62. The maximum Gasteiger partial charge on any atom is 0.241 e. The Bertz CT molecular complexity index is 336. The molecule has 0 radical (unpaired) electrons. The Hall–Kier alpha value is -1.39. The Labute approximate surface area is 81.7 Å². The highest BCUT2D eigenvalue weighted by atomic mass is 19.1. The molecule has 1 aliphatic rings. The molecule has 5 heteroatoms. The van der Waals surface area contributed by atoms with E-state index in [1.807, 2.05) is 0 Å². The van der Waals surface area contributed by atoms with Gasteiger partial charge in [-0.15, -0.1) is 0 Å². The summed E-state index contributed by atoms with van der Waals surface area (Å²) in [4.78, 5) is 7.26. The van der Waals surface area contributed by atoms with E-state index in [1.54, 1.807) is 0 Å². The van der Waals surface area contributed by atoms with E-state index in [2.05, 4.69) is 22.2 Å². The standard InChI is InChI=1S/C9H13FN4/c1-5-2-6(3-5)14-9-7(11)8(10)12-4-13-9/h4-6H,2-3,11H2,1H3,(H,12,13,14). The van der Waals surface area contributed by atoms with E-state index >= 15 is 0 Å². The molecule has 0 aromatic carbocycles. The highest BCUT2D eigenvalue weighted by Gasteiger charge is 2.26. The monoisotopic (exact) mass is 196 g/mol. The molecule has 0 spiro atoms. The van der Waals surface area contributed by atoms with Gasteiger partial charge in [0.15, 0.2) is 5.82 Å². The van der Waals surface area contributed by atoms with Crippen LogP contribution in [0.3, 0.4) is 0 Å². The molecule has 76 valence electrons. The van der Waals surface area contributed by atoms with Crippen molar-refractivity contribution in [1.29, 1.82) is 0 Å². The molecular weight excluding hydrogens is 183 g/mol. The van der Waals surface area contributed by atoms with Crippen LogP contribution in [0.5, 0.6) is 0 Å². The lowest BCUT2D eigenvalue weighted by Gasteiger charge is -2.33. The molecule has 1 aromatic rings. The SMILES string of the molecule is CC1CC(Nc2ncnc(F)c2N)C1. The van der Waals surface area contributed by atoms with Gasteiger partial charge in [-0.05, 0) is 18.8 Å². The van der Waals surface area contributed by atoms with E-state index in [4.69, 9.17) is 5.73 Å². The second kappa shape index (κ2) is 3.40. The van der Waals surface area contributed by atoms with Crippen molar-refractivity contribution >= 4 is 11.5 Å². The number of nitrogens with one attached hydrogen (secondary N) is 1. The first kappa shape index (κ1) is 9.18. The van der Waals surface area contributed by atoms with E-state index in [9.17, 15) is 4.39 Å². The summed E-state index contributed by atoms with van der Waals surface area (Å²) < 4.78 is 12.9. The number of anilines is 2. The topological polar surface area (TPSA) is 63.8 Å². The van der Waals surface area contributed by atoms with Crippen LogP contribution in [0.2, 0.25) is 0 Å². The van der Waals surface area contributed by atoms with Crippen LogP contribution in [0.15, 0.2) is 6.33 Å². The van der Waals surface area contributed by atoms with Crippen molar-refractivity contribution in [2.75, 3.05) is 11.1 Å². The number of rotatable bonds is 2. The lowest BCUT2D eigenvalue weighted by molar-refractivity contribution is 0.308. The van der Waals surface area contributed by atoms with Crippen molar-refractivity contribution < 1.29 is 4.39 Å². The number of aromatic nitrogens is 2. The zero-order valence-electron chi connectivity index (χ0n) is 8.00. The summed E-state index contributed by atoms with van der Waals surface area (Å²) in [6.45, 7) is 2.18. The Morgan fingerprint density at radius 1 is 1.50 bits per heavy atom. The molecule has 1 fully saturated rings. The predicted molar refractivity (Wildman–Crippen MR) is 52.2 cm³/mol. The summed E-state index contributed by atoms with van der Waals surface area (Å²) >= 11 is 0. The van der Waals surface area contributed by atoms with Crippen molar-refractivity contribution in [3.8, 4) is 0 Å². The molecule has 0 atom stereocenters. The Morgan fingerprint density at radius 2 is 2.21 bits per heavy atom. The summed E-state index contributed by atoms with van der Waals surface area (Å²) in [6.07, 6.45) is 3.35. The van der Waals surface area contributed by atoms with Gasteiger partial charge in [-0.3, -0.25) is 0 Å². The smallest absolute Gasteiger partial charge is 0.241 e. The molecule has 1 aromatic heterocycles. The van der Waals surface area contributed by atoms with Crippen LogP contribution in [0.4, 0.5) is 15.9 Å². The van der Waals surface area contributed by atoms with Gasteiger partial charge in [0.2, 0.25) is 5.95 Å². The predicted octanol–water partition coefficient (Wildman–Crippen LogP) is 1.41. The molecule has 1 aliphatic carbocycles. The molecule has 0 unspecified atom stereocenters. The van der Waals surface area contributed by atoms with Gasteiger partial charge >= 0.3 is 0 Å². The van der Waals surface area contributed by atoms with Crippen LogP contribution in [-0.2, 0) is 0 Å². The minimum atomic E-state index is -0.658. The molecule has 14 heavy (non-hydrogen) atoms. The van der Waals surface area contributed by atoms with Crippen LogP contribution < -0.4 is 11.1 Å². The van der Waals surface area contributed by atoms with E-state index in [0.717, 1.165) is 18.8 Å². The minimum Gasteiger partial charge on any atom is -0.392 e. The normalized spacial score (nSPS) is 25.6. The summed E-state index contributed by atoms with van der Waals surface area (Å²) in [5.74, 6) is 0.490. The number of nitrogens with two attached hydrogens (primary N) is 1. The van der Waals surface area contributed by atoms with E-state index in [-0.39, 0.29) is 5.69 Å². The van der Waals surface area contributed by atoms with E-state index in [0.29, 0.717) is 11.9 Å². The number of halogens is 1. The first-order valence-corrected chi connectivity index (χ1v) is 4.69. The average Bonchev–Trinajstić information content (AvgIpc) is 2.10. The summed E-state index contributed by atoms with van der Waals surface area (Å²) in [7, 11) is 0. The lowest BCUT2D eigenvalue weighted by atomic mass is 9.82. The fourth-order valence-corrected chi connectivity index (χ4v) is 1.70. The van der Waals surface area contributed by atoms with E-state index in [1.165, 1.54) is 6.33 Å². The van der Waals surface area contributed by atoms with Crippen LogP contribution in [-0.4, -0.2) is 16.0 Å². The first-order valence-electron chi connectivity index (χ1n) is 4.69. The molecule has 1 saturated carbocycles. The number of nitrogens with zero attached hydrogens (tertiary/aromatic N) is 2. The molecule has 0 amide bonds. The number of nitrogen functional groups attached to an aromatic ring is 1. The van der Waals surface area contributed by atoms with Crippen LogP contribution in [0.1, 0.15) is 19.8 Å². The van der Waals surface area contributed by atoms with Crippen molar-refractivity contribution in [2.45, 2.75) is 25.8 Å². The van der Waals surface area contributed by atoms with Crippen molar-refractivity contribution in [3.05, 3.63) is 12.3 Å². The third-order valence-corrected chi connectivity index (χ3v) is 2.55. The minimum absolute atomic E-state index is 0.00653. The number of hydrogen-bond acceptors (Lipinski definition) is 4. The largest absolute Gasteiger partial charge is 0.392 e. The maximum atomic E-state index is 12.9. The van der Waals surface area contributed by atoms with Gasteiger partial charge in [0.05, 0.1) is 0 Å². The lowest BCUT2D eigenvalue weighted by Crippen LogP contribution is -2.34. The molecule has 0 saturated heterocycles. The van der Waals surface area contributed by atoms with Crippen molar-refractivity contribution in [2.24, 2.45) is 5.92 Å². The molecule has 1 heterocycles. The fraction of sp³-hybridized carbons (Fsp3) is 0.556. The summed E-state index contributed by atoms with van der Waals surface area (Å²) in [5, 5.41) is 3.10. The zero-order valence-corrected chi connectivity index (χ0v) is 8.00. The maximum absolute atomic E-state index is 12.9. The quantitative estimate of drug-likeness (QED) is 0.702. The van der Waals surface area contributed by atoms with Crippen LogP contribution in [0, 0.1) is 11.9 Å². The molecule has 4 nitrogen and oxygen atoms in total. The summed E-state index contributed by atoms with van der Waals surface area (Å²) in [6, 6.07) is 0.376. The van der Waals surface area contributed by atoms with Gasteiger partial charge in [-0.25, -0.2) is 9.97 Å². The average molecular weight is 196 g/mol. The molecule has 2 rings (SSSR count). The zero-order chi connectivity index (χ0) is 10.1. The Morgan fingerprint density at radius 3 is 2.86 bits per heavy atom. The van der Waals surface area contributed by atoms with E-state index < -0.39 is 5.95 Å². The van der Waals surface area contributed by atoms with Gasteiger partial charge < -0.3 is 11.1 Å². The van der Waals surface area contributed by atoms with Crippen molar-refractivity contribution in [3.63, 3.8) is 0 Å². The highest BCUT2D eigenvalue weighted by molar-refractivity contribution is 5.60. The van der Waals surface area contributed by atoms with Gasteiger partial charge in [-0.2, -0.15) is 4.39 Å². The third-order valence-electron chi connectivity index (χ3n) is 2.55.